The topological polar surface area (TPSA) is 234 Å². The number of urea groups is 1. The molecule has 0 saturated heterocycles. The standard InChI is InChI=1S/C39H51N7O9S2/c1-6-39(5,55-19-18-38(3,4)57-25(2)47)17-16-31(48)40-21-27-12-14-28(15-13-27)43-35(53)29(20-33(50)51)44-32(49)23-41-34(52)30-24-56-37(45-30)46-36(54)42-22-26-10-8-7-9-11-26/h7-15,24,29H,6,16-23H2,1-5H3,(H,40,48)(H,41,52)(H,43,53)(H,44,49)(H,50,51)(H2,42,45,46,54). The van der Waals surface area contributed by atoms with Gasteiger partial charge in [0, 0.05) is 48.9 Å². The summed E-state index contributed by atoms with van der Waals surface area (Å²) >= 11 is 2.29. The number of amides is 6. The fourth-order valence-electron chi connectivity index (χ4n) is 5.17. The number of nitrogens with one attached hydrogen (secondary N) is 6. The average molecular weight is 826 g/mol. The zero-order valence-electron chi connectivity index (χ0n) is 32.7. The summed E-state index contributed by atoms with van der Waals surface area (Å²) in [6.07, 6.45) is 1.46. The molecule has 0 aliphatic carbocycles. The van der Waals surface area contributed by atoms with Crippen LogP contribution in [-0.2, 0) is 41.8 Å². The minimum Gasteiger partial charge on any atom is -0.481 e. The van der Waals surface area contributed by atoms with Gasteiger partial charge in [-0.25, -0.2) is 9.78 Å². The summed E-state index contributed by atoms with van der Waals surface area (Å²) in [5.41, 5.74) is 1.43. The summed E-state index contributed by atoms with van der Waals surface area (Å²) in [6.45, 7) is 9.94. The number of nitrogens with zero attached hydrogens (tertiary/aromatic N) is 1. The summed E-state index contributed by atoms with van der Waals surface area (Å²) < 4.78 is 5.91. The Kier molecular flexibility index (Phi) is 18.1. The number of hydrogen-bond acceptors (Lipinski definition) is 11. The van der Waals surface area contributed by atoms with E-state index in [1.54, 1.807) is 31.2 Å². The van der Waals surface area contributed by atoms with E-state index in [4.69, 9.17) is 4.74 Å². The zero-order valence-corrected chi connectivity index (χ0v) is 34.3. The molecule has 16 nitrogen and oxygen atoms in total. The van der Waals surface area contributed by atoms with Crippen LogP contribution in [0.4, 0.5) is 15.6 Å². The molecular formula is C39H51N7O9S2. The first-order valence-electron chi connectivity index (χ1n) is 18.3. The quantitative estimate of drug-likeness (QED) is 0.0726. The van der Waals surface area contributed by atoms with Gasteiger partial charge in [0.2, 0.25) is 17.7 Å². The number of carbonyl (C=O) groups excluding carboxylic acids is 6. The molecule has 18 heteroatoms. The number of rotatable bonds is 22. The predicted molar refractivity (Wildman–Crippen MR) is 219 cm³/mol. The first-order valence-corrected chi connectivity index (χ1v) is 20.0. The zero-order chi connectivity index (χ0) is 42.0. The second-order valence-electron chi connectivity index (χ2n) is 13.9. The Balaban J connectivity index is 1.42. The minimum atomic E-state index is -1.46. The van der Waals surface area contributed by atoms with Crippen molar-refractivity contribution in [2.75, 3.05) is 23.8 Å². The van der Waals surface area contributed by atoms with E-state index in [0.29, 0.717) is 31.6 Å². The van der Waals surface area contributed by atoms with Gasteiger partial charge in [-0.2, -0.15) is 0 Å². The van der Waals surface area contributed by atoms with Crippen molar-refractivity contribution < 1.29 is 43.4 Å². The number of ether oxygens (including phenoxy) is 1. The van der Waals surface area contributed by atoms with E-state index in [1.807, 2.05) is 58.0 Å². The molecule has 57 heavy (non-hydrogen) atoms. The predicted octanol–water partition coefficient (Wildman–Crippen LogP) is 4.82. The molecule has 0 aliphatic heterocycles. The van der Waals surface area contributed by atoms with E-state index in [9.17, 15) is 38.7 Å². The molecule has 1 heterocycles. The molecule has 1 aromatic heterocycles. The smallest absolute Gasteiger partial charge is 0.321 e. The maximum atomic E-state index is 13.0. The van der Waals surface area contributed by atoms with Gasteiger partial charge in [0.05, 0.1) is 18.6 Å². The molecule has 0 aliphatic rings. The molecule has 3 rings (SSSR count). The molecule has 2 aromatic carbocycles. The monoisotopic (exact) mass is 825 g/mol. The molecule has 0 spiro atoms. The van der Waals surface area contributed by atoms with Crippen LogP contribution in [0.15, 0.2) is 60.0 Å². The Morgan fingerprint density at radius 2 is 1.53 bits per heavy atom. The highest BCUT2D eigenvalue weighted by atomic mass is 32.2. The number of anilines is 2. The summed E-state index contributed by atoms with van der Waals surface area (Å²) in [7, 11) is 0. The van der Waals surface area contributed by atoms with Crippen molar-refractivity contribution in [3.8, 4) is 0 Å². The minimum absolute atomic E-state index is 0.0583. The maximum absolute atomic E-state index is 13.0. The van der Waals surface area contributed by atoms with E-state index in [-0.39, 0.29) is 46.1 Å². The summed E-state index contributed by atoms with van der Waals surface area (Å²) in [5.74, 6) is -3.82. The second-order valence-corrected chi connectivity index (χ2v) is 16.7. The summed E-state index contributed by atoms with van der Waals surface area (Å²) in [4.78, 5) is 90.1. The highest BCUT2D eigenvalue weighted by Crippen LogP contribution is 2.30. The summed E-state index contributed by atoms with van der Waals surface area (Å²) in [5, 5.41) is 26.3. The number of benzene rings is 2. The molecular weight excluding hydrogens is 775 g/mol. The van der Waals surface area contributed by atoms with Gasteiger partial charge in [0.25, 0.3) is 5.91 Å². The number of hydrogen-bond donors (Lipinski definition) is 7. The number of carbonyl (C=O) groups is 7. The van der Waals surface area contributed by atoms with Crippen molar-refractivity contribution in [3.05, 3.63) is 76.8 Å². The Hall–Kier alpha value is -5.33. The van der Waals surface area contributed by atoms with Gasteiger partial charge in [-0.05, 0) is 49.4 Å². The first kappa shape index (κ1) is 46.1. The molecule has 0 saturated carbocycles. The molecule has 0 radical (unpaired) electrons. The molecule has 6 amide bonds. The van der Waals surface area contributed by atoms with Gasteiger partial charge in [-0.15, -0.1) is 11.3 Å². The molecule has 2 atom stereocenters. The van der Waals surface area contributed by atoms with Crippen molar-refractivity contribution in [1.82, 2.24) is 26.3 Å². The fraction of sp³-hybridized carbons (Fsp3) is 0.436. The van der Waals surface area contributed by atoms with E-state index >= 15 is 0 Å². The number of aliphatic carboxylic acids is 1. The van der Waals surface area contributed by atoms with Crippen LogP contribution in [0, 0.1) is 0 Å². The van der Waals surface area contributed by atoms with Gasteiger partial charge in [0.15, 0.2) is 10.2 Å². The molecule has 3 aromatic rings. The van der Waals surface area contributed by atoms with E-state index in [1.165, 1.54) is 17.1 Å². The van der Waals surface area contributed by atoms with Crippen LogP contribution in [0.25, 0.3) is 0 Å². The lowest BCUT2D eigenvalue weighted by molar-refractivity contribution is -0.139. The van der Waals surface area contributed by atoms with Crippen LogP contribution in [0.2, 0.25) is 0 Å². The number of carboxylic acids is 1. The van der Waals surface area contributed by atoms with Gasteiger partial charge in [-0.1, -0.05) is 75.0 Å². The van der Waals surface area contributed by atoms with Gasteiger partial charge >= 0.3 is 12.0 Å². The van der Waals surface area contributed by atoms with Crippen LogP contribution in [-0.4, -0.2) is 80.4 Å². The van der Waals surface area contributed by atoms with Gasteiger partial charge < -0.3 is 36.4 Å². The number of thioether (sulfide) groups is 1. The van der Waals surface area contributed by atoms with Crippen LogP contribution >= 0.6 is 23.1 Å². The highest BCUT2D eigenvalue weighted by molar-refractivity contribution is 8.14. The van der Waals surface area contributed by atoms with Crippen molar-refractivity contribution in [2.24, 2.45) is 0 Å². The van der Waals surface area contributed by atoms with Crippen LogP contribution in [0.3, 0.4) is 0 Å². The average Bonchev–Trinajstić information content (AvgIpc) is 3.62. The normalized spacial score (nSPS) is 12.6. The maximum Gasteiger partial charge on any atom is 0.321 e. The Labute approximate surface area is 340 Å². The Morgan fingerprint density at radius 3 is 2.18 bits per heavy atom. The highest BCUT2D eigenvalue weighted by Gasteiger charge is 2.27. The largest absolute Gasteiger partial charge is 0.481 e. The lowest BCUT2D eigenvalue weighted by atomic mass is 9.96. The molecule has 7 N–H and O–H groups in total. The SMILES string of the molecule is CCC(C)(CCC(=O)NCc1ccc(NC(=O)C(CC(=O)O)NC(=O)CNC(=O)c2csc(NC(=O)NCc3ccccc3)n2)cc1)OCCC(C)(C)SC(C)=O. The first-order chi connectivity index (χ1) is 27.0. The van der Waals surface area contributed by atoms with Crippen molar-refractivity contribution in [3.63, 3.8) is 0 Å². The van der Waals surface area contributed by atoms with Crippen LogP contribution < -0.4 is 31.9 Å². The lowest BCUT2D eigenvalue weighted by Crippen LogP contribution is -2.48. The van der Waals surface area contributed by atoms with Crippen LogP contribution in [0.1, 0.15) is 88.3 Å². The van der Waals surface area contributed by atoms with E-state index in [2.05, 4.69) is 36.9 Å². The Morgan fingerprint density at radius 1 is 0.860 bits per heavy atom. The number of carboxylic acid groups (broad SMARTS) is 1. The number of thiazole rings is 1. The molecule has 0 bridgehead atoms. The third-order valence-electron chi connectivity index (χ3n) is 8.61. The third-order valence-corrected chi connectivity index (χ3v) is 10.4. The van der Waals surface area contributed by atoms with Gasteiger partial charge in [0.1, 0.15) is 11.7 Å². The van der Waals surface area contributed by atoms with Crippen molar-refractivity contribution in [1.29, 1.82) is 0 Å². The fourth-order valence-corrected chi connectivity index (χ4v) is 6.82. The van der Waals surface area contributed by atoms with E-state index < -0.39 is 54.3 Å². The second kappa shape index (κ2) is 22.4. The lowest BCUT2D eigenvalue weighted by Gasteiger charge is -2.31. The molecule has 308 valence electrons. The molecule has 2 unspecified atom stereocenters. The number of aromatic nitrogens is 1. The molecule has 0 fully saturated rings. The van der Waals surface area contributed by atoms with E-state index in [0.717, 1.165) is 22.5 Å². The third kappa shape index (κ3) is 17.6. The summed E-state index contributed by atoms with van der Waals surface area (Å²) in [6, 6.07) is 13.8. The van der Waals surface area contributed by atoms with Crippen molar-refractivity contribution >= 4 is 74.7 Å². The van der Waals surface area contributed by atoms with Crippen molar-refractivity contribution in [2.45, 2.75) is 96.2 Å². The Bertz CT molecular complexity index is 1860. The van der Waals surface area contributed by atoms with Gasteiger partial charge in [-0.3, -0.25) is 34.1 Å². The van der Waals surface area contributed by atoms with Crippen LogP contribution in [0.5, 0.6) is 0 Å².